The quantitative estimate of drug-likeness (QED) is 0.185. The maximum Gasteiger partial charge on any atom is 0.276 e. The first-order valence-electron chi connectivity index (χ1n) is 12.3. The lowest BCUT2D eigenvalue weighted by molar-refractivity contribution is -0.385. The van der Waals surface area contributed by atoms with Gasteiger partial charge < -0.3 is 10.1 Å². The van der Waals surface area contributed by atoms with Crippen molar-refractivity contribution in [2.24, 2.45) is 0 Å². The van der Waals surface area contributed by atoms with E-state index in [0.29, 0.717) is 6.42 Å². The third-order valence-corrected chi connectivity index (χ3v) is 7.67. The minimum atomic E-state index is -4.30. The van der Waals surface area contributed by atoms with Crippen molar-refractivity contribution in [2.45, 2.75) is 38.1 Å². The summed E-state index contributed by atoms with van der Waals surface area (Å²) >= 11 is 0. The van der Waals surface area contributed by atoms with Crippen molar-refractivity contribution in [1.29, 1.82) is 0 Å². The van der Waals surface area contributed by atoms with Gasteiger partial charge in [-0.2, -0.15) is 9.78 Å². The smallest absolute Gasteiger partial charge is 0.276 e. The van der Waals surface area contributed by atoms with E-state index < -0.39 is 49.1 Å². The van der Waals surface area contributed by atoms with Crippen LogP contribution >= 0.6 is 0 Å². The average molecular weight is 586 g/mol. The molecular formula is C27H25F2N5O6S. The zero-order chi connectivity index (χ0) is 29.9. The summed E-state index contributed by atoms with van der Waals surface area (Å²) in [6.07, 6.45) is 0.452. The van der Waals surface area contributed by atoms with Crippen LogP contribution in [0.5, 0.6) is 11.6 Å². The third kappa shape index (κ3) is 6.56. The van der Waals surface area contributed by atoms with Crippen LogP contribution in [-0.4, -0.2) is 35.1 Å². The van der Waals surface area contributed by atoms with E-state index >= 15 is 0 Å². The number of anilines is 1. The molecule has 0 fully saturated rings. The number of benzene rings is 3. The first-order chi connectivity index (χ1) is 19.4. The van der Waals surface area contributed by atoms with Gasteiger partial charge >= 0.3 is 0 Å². The van der Waals surface area contributed by atoms with Crippen LogP contribution in [0.15, 0.2) is 71.6 Å². The molecule has 1 heterocycles. The van der Waals surface area contributed by atoms with Gasteiger partial charge in [0, 0.05) is 29.4 Å². The highest BCUT2D eigenvalue weighted by atomic mass is 32.2. The molecule has 0 saturated carbocycles. The Kier molecular flexibility index (Phi) is 8.44. The molecule has 1 amide bonds. The van der Waals surface area contributed by atoms with Crippen LogP contribution in [-0.2, 0) is 10.0 Å². The summed E-state index contributed by atoms with van der Waals surface area (Å²) in [5, 5.41) is 18.4. The van der Waals surface area contributed by atoms with Crippen LogP contribution in [0.4, 0.5) is 20.2 Å². The van der Waals surface area contributed by atoms with Crippen molar-refractivity contribution in [2.75, 3.05) is 5.32 Å². The van der Waals surface area contributed by atoms with E-state index in [-0.39, 0.29) is 34.3 Å². The highest BCUT2D eigenvalue weighted by Crippen LogP contribution is 2.36. The largest absolute Gasteiger partial charge is 0.437 e. The number of sulfonamides is 1. The number of nitrogens with zero attached hydrogens (tertiary/aromatic N) is 3. The summed E-state index contributed by atoms with van der Waals surface area (Å²) in [4.78, 5) is 23.3. The fraction of sp³-hybridized carbons (Fsp3) is 0.185. The number of hydrogen-bond donors (Lipinski definition) is 2. The number of hydrogen-bond acceptors (Lipinski definition) is 7. The lowest BCUT2D eigenvalue weighted by atomic mass is 10.2. The Morgan fingerprint density at radius 3 is 2.27 bits per heavy atom. The van der Waals surface area contributed by atoms with Crippen LogP contribution in [0, 0.1) is 28.7 Å². The van der Waals surface area contributed by atoms with Crippen LogP contribution in [0.3, 0.4) is 0 Å². The van der Waals surface area contributed by atoms with Gasteiger partial charge in [-0.3, -0.25) is 14.9 Å². The number of amides is 1. The van der Waals surface area contributed by atoms with Gasteiger partial charge in [-0.25, -0.2) is 21.9 Å². The van der Waals surface area contributed by atoms with Crippen molar-refractivity contribution in [3.63, 3.8) is 0 Å². The Morgan fingerprint density at radius 2 is 1.68 bits per heavy atom. The topological polar surface area (TPSA) is 145 Å². The van der Waals surface area contributed by atoms with Gasteiger partial charge in [0.2, 0.25) is 15.9 Å². The van der Waals surface area contributed by atoms with Gasteiger partial charge in [0.1, 0.15) is 22.3 Å². The Hall–Kier alpha value is -4.69. The zero-order valence-corrected chi connectivity index (χ0v) is 22.9. The first kappa shape index (κ1) is 29.3. The molecule has 0 bridgehead atoms. The number of carbonyl (C=O) groups excluding carboxylic acids is 1. The first-order valence-corrected chi connectivity index (χ1v) is 13.8. The molecule has 0 aliphatic carbocycles. The van der Waals surface area contributed by atoms with Crippen molar-refractivity contribution in [3.05, 3.63) is 99.7 Å². The number of carbonyl (C=O) groups is 1. The van der Waals surface area contributed by atoms with Crippen molar-refractivity contribution in [3.8, 4) is 17.3 Å². The van der Waals surface area contributed by atoms with E-state index in [1.54, 1.807) is 13.8 Å². The number of nitrogens with one attached hydrogen (secondary N) is 2. The van der Waals surface area contributed by atoms with Gasteiger partial charge in [-0.15, -0.1) is 0 Å². The maximum atomic E-state index is 13.7. The number of ether oxygens (including phenoxy) is 1. The van der Waals surface area contributed by atoms with Crippen molar-refractivity contribution < 1.29 is 31.7 Å². The summed E-state index contributed by atoms with van der Waals surface area (Å²) in [5.74, 6) is -2.09. The van der Waals surface area contributed by atoms with Gasteiger partial charge in [0.05, 0.1) is 10.6 Å². The Balaban J connectivity index is 1.84. The minimum Gasteiger partial charge on any atom is -0.437 e. The molecule has 0 aliphatic rings. The fourth-order valence-corrected chi connectivity index (χ4v) is 5.19. The molecule has 41 heavy (non-hydrogen) atoms. The predicted molar refractivity (Wildman–Crippen MR) is 146 cm³/mol. The van der Waals surface area contributed by atoms with Crippen molar-refractivity contribution >= 4 is 27.3 Å². The maximum absolute atomic E-state index is 13.7. The van der Waals surface area contributed by atoms with Gasteiger partial charge in [-0.1, -0.05) is 6.92 Å². The van der Waals surface area contributed by atoms with Crippen LogP contribution in [0.25, 0.3) is 5.69 Å². The Morgan fingerprint density at radius 1 is 1.07 bits per heavy atom. The van der Waals surface area contributed by atoms with E-state index in [1.807, 2.05) is 0 Å². The highest BCUT2D eigenvalue weighted by Gasteiger charge is 2.28. The van der Waals surface area contributed by atoms with E-state index in [2.05, 4.69) is 15.1 Å². The molecule has 1 unspecified atom stereocenters. The number of nitro benzene ring substituents is 1. The van der Waals surface area contributed by atoms with Gasteiger partial charge in [0.25, 0.3) is 11.6 Å². The second-order valence-corrected chi connectivity index (χ2v) is 10.7. The van der Waals surface area contributed by atoms with Crippen LogP contribution in [0.1, 0.15) is 36.3 Å². The fourth-order valence-electron chi connectivity index (χ4n) is 3.72. The minimum absolute atomic E-state index is 0.102. The second-order valence-electron chi connectivity index (χ2n) is 9.05. The molecular weight excluding hydrogens is 560 g/mol. The van der Waals surface area contributed by atoms with E-state index in [1.165, 1.54) is 35.9 Å². The summed E-state index contributed by atoms with van der Waals surface area (Å²) in [6, 6.07) is 12.7. The number of nitro groups is 1. The number of halogens is 2. The Bertz CT molecular complexity index is 1710. The molecule has 214 valence electrons. The standard InChI is InChI=1S/C27H25F2N5O6S/c1-4-16(2)32-41(38,39)24-15-22(34(36)37)13-14-23(24)40-27-17(3)25(26(35)30-20-9-5-18(28)6-10-20)31-33(27)21-11-7-19(29)8-12-21/h5-16,32H,4H2,1-3H3,(H,30,35). The molecule has 4 rings (SSSR count). The molecule has 11 nitrogen and oxygen atoms in total. The Labute approximate surface area is 234 Å². The summed E-state index contributed by atoms with van der Waals surface area (Å²) in [7, 11) is -4.30. The van der Waals surface area contributed by atoms with Crippen LogP contribution < -0.4 is 14.8 Å². The summed E-state index contributed by atoms with van der Waals surface area (Å²) < 4.78 is 63.1. The zero-order valence-electron chi connectivity index (χ0n) is 22.1. The monoisotopic (exact) mass is 585 g/mol. The molecule has 4 aromatic rings. The third-order valence-electron chi connectivity index (χ3n) is 6.06. The van der Waals surface area contributed by atoms with Gasteiger partial charge in [-0.05, 0) is 74.9 Å². The summed E-state index contributed by atoms with van der Waals surface area (Å²) in [5.41, 5.74) is 0.122. The molecule has 0 radical (unpaired) electrons. The number of aromatic nitrogens is 2. The molecule has 2 N–H and O–H groups in total. The second kappa shape index (κ2) is 11.8. The normalized spacial score (nSPS) is 12.1. The molecule has 14 heteroatoms. The number of non-ortho nitro benzene ring substituents is 1. The average Bonchev–Trinajstić information content (AvgIpc) is 3.25. The van der Waals surface area contributed by atoms with Gasteiger partial charge in [0.15, 0.2) is 5.69 Å². The molecule has 0 saturated heterocycles. The van der Waals surface area contributed by atoms with Crippen LogP contribution in [0.2, 0.25) is 0 Å². The van der Waals surface area contributed by atoms with E-state index in [0.717, 1.165) is 42.5 Å². The molecule has 0 aliphatic heterocycles. The lowest BCUT2D eigenvalue weighted by Gasteiger charge is -2.16. The van der Waals surface area contributed by atoms with Crippen molar-refractivity contribution in [1.82, 2.24) is 14.5 Å². The SMILES string of the molecule is CCC(C)NS(=O)(=O)c1cc([N+](=O)[O-])ccc1Oc1c(C)c(C(=O)Nc2ccc(F)cc2)nn1-c1ccc(F)cc1. The van der Waals surface area contributed by atoms with E-state index in [9.17, 15) is 32.1 Å². The summed E-state index contributed by atoms with van der Waals surface area (Å²) in [6.45, 7) is 4.90. The molecule has 1 atom stereocenters. The molecule has 3 aromatic carbocycles. The molecule has 1 aromatic heterocycles. The lowest BCUT2D eigenvalue weighted by Crippen LogP contribution is -2.32. The molecule has 0 spiro atoms. The predicted octanol–water partition coefficient (Wildman–Crippen LogP) is 5.49. The van der Waals surface area contributed by atoms with E-state index in [4.69, 9.17) is 4.74 Å². The highest BCUT2D eigenvalue weighted by molar-refractivity contribution is 7.89. The number of rotatable bonds is 10.